The van der Waals surface area contributed by atoms with Crippen molar-refractivity contribution in [3.05, 3.63) is 33.6 Å². The number of hydrogen-bond donors (Lipinski definition) is 1. The average molecular weight is 457 g/mol. The maximum Gasteiger partial charge on any atom is 0.225 e. The summed E-state index contributed by atoms with van der Waals surface area (Å²) in [4.78, 5) is 20.3. The first-order valence-corrected chi connectivity index (χ1v) is 13.3. The summed E-state index contributed by atoms with van der Waals surface area (Å²) in [7, 11) is 0. The van der Waals surface area contributed by atoms with Gasteiger partial charge in [-0.15, -0.1) is 11.3 Å². The molecule has 0 radical (unpaired) electrons. The van der Waals surface area contributed by atoms with Crippen molar-refractivity contribution < 1.29 is 9.32 Å². The van der Waals surface area contributed by atoms with Crippen molar-refractivity contribution >= 4 is 17.2 Å². The second-order valence-corrected chi connectivity index (χ2v) is 11.5. The lowest BCUT2D eigenvalue weighted by Crippen LogP contribution is -2.39. The van der Waals surface area contributed by atoms with Gasteiger partial charge in [-0.1, -0.05) is 5.16 Å². The van der Waals surface area contributed by atoms with Crippen LogP contribution < -0.4 is 5.32 Å². The molecule has 3 heterocycles. The summed E-state index contributed by atoms with van der Waals surface area (Å²) in [6.45, 7) is 5.57. The number of likely N-dealkylation sites (tertiary alicyclic amines) is 1. The molecule has 1 N–H and O–H groups in total. The van der Waals surface area contributed by atoms with Crippen molar-refractivity contribution in [1.82, 2.24) is 20.4 Å². The van der Waals surface area contributed by atoms with Gasteiger partial charge in [-0.25, -0.2) is 4.98 Å². The van der Waals surface area contributed by atoms with E-state index in [2.05, 4.69) is 20.4 Å². The van der Waals surface area contributed by atoms with Gasteiger partial charge in [0.25, 0.3) is 0 Å². The highest BCUT2D eigenvalue weighted by molar-refractivity contribution is 7.11. The Kier molecular flexibility index (Phi) is 6.93. The topological polar surface area (TPSA) is 71.3 Å². The van der Waals surface area contributed by atoms with Crippen molar-refractivity contribution in [1.29, 1.82) is 0 Å². The second kappa shape index (κ2) is 10.0. The number of nitrogens with zero attached hydrogens (tertiary/aromatic N) is 3. The zero-order valence-electron chi connectivity index (χ0n) is 19.2. The van der Waals surface area contributed by atoms with Gasteiger partial charge in [0.2, 0.25) is 5.91 Å². The molecule has 32 heavy (non-hydrogen) atoms. The van der Waals surface area contributed by atoms with Gasteiger partial charge in [0.1, 0.15) is 6.26 Å². The third-order valence-corrected chi connectivity index (χ3v) is 8.60. The third kappa shape index (κ3) is 5.60. The molecule has 1 aliphatic heterocycles. The molecule has 2 aromatic rings. The molecule has 3 fully saturated rings. The van der Waals surface area contributed by atoms with E-state index in [1.807, 2.05) is 19.4 Å². The molecule has 174 valence electrons. The molecule has 3 aliphatic rings. The van der Waals surface area contributed by atoms with Crippen LogP contribution >= 0.6 is 11.3 Å². The normalized spacial score (nSPS) is 25.2. The van der Waals surface area contributed by atoms with Gasteiger partial charge in [0.05, 0.1) is 17.1 Å². The van der Waals surface area contributed by atoms with Crippen molar-refractivity contribution in [3.63, 3.8) is 0 Å². The van der Waals surface area contributed by atoms with E-state index < -0.39 is 0 Å². The highest BCUT2D eigenvalue weighted by Gasteiger charge is 2.33. The Morgan fingerprint density at radius 3 is 2.59 bits per heavy atom. The van der Waals surface area contributed by atoms with Crippen molar-refractivity contribution in [2.24, 2.45) is 5.92 Å². The van der Waals surface area contributed by atoms with E-state index in [-0.39, 0.29) is 5.91 Å². The van der Waals surface area contributed by atoms with Crippen LogP contribution in [0.2, 0.25) is 0 Å². The smallest absolute Gasteiger partial charge is 0.225 e. The van der Waals surface area contributed by atoms with Crippen LogP contribution in [0.3, 0.4) is 0 Å². The quantitative estimate of drug-likeness (QED) is 0.618. The first kappa shape index (κ1) is 22.1. The highest BCUT2D eigenvalue weighted by atomic mass is 32.1. The molecular weight excluding hydrogens is 420 g/mol. The largest absolute Gasteiger partial charge is 0.364 e. The lowest BCUT2D eigenvalue weighted by Gasteiger charge is -2.34. The van der Waals surface area contributed by atoms with Crippen molar-refractivity contribution in [2.45, 2.75) is 89.0 Å². The minimum Gasteiger partial charge on any atom is -0.364 e. The number of nitrogens with one attached hydrogen (secondary N) is 1. The fourth-order valence-electron chi connectivity index (χ4n) is 5.58. The van der Waals surface area contributed by atoms with Gasteiger partial charge >= 0.3 is 0 Å². The molecule has 1 saturated heterocycles. The van der Waals surface area contributed by atoms with Crippen LogP contribution in [-0.4, -0.2) is 46.6 Å². The molecule has 1 amide bonds. The number of piperidine rings is 1. The van der Waals surface area contributed by atoms with Crippen LogP contribution in [0.15, 0.2) is 17.0 Å². The lowest BCUT2D eigenvalue weighted by molar-refractivity contribution is -0.121. The summed E-state index contributed by atoms with van der Waals surface area (Å²) >= 11 is 1.62. The fraction of sp³-hybridized carbons (Fsp3) is 0.720. The molecule has 0 atom stereocenters. The van der Waals surface area contributed by atoms with E-state index in [9.17, 15) is 4.79 Å². The van der Waals surface area contributed by atoms with Gasteiger partial charge in [-0.05, 0) is 96.2 Å². The Labute approximate surface area is 195 Å². The van der Waals surface area contributed by atoms with Crippen molar-refractivity contribution in [3.8, 4) is 0 Å². The minimum absolute atomic E-state index is 0.150. The standard InChI is InChI=1S/C25H36N4O2S/c1-17-26-15-22(32-17)14-24(30)27-21-6-2-18(3-7-21)8-11-29-12-9-20(10-13-29)25-23(16-31-28-25)19-4-5-19/h15-16,18-21H,2-14H2,1H3,(H,27,30). The maximum atomic E-state index is 12.3. The van der Waals surface area contributed by atoms with Gasteiger partial charge in [0.15, 0.2) is 0 Å². The first-order valence-electron chi connectivity index (χ1n) is 12.5. The molecule has 2 aromatic heterocycles. The van der Waals surface area contributed by atoms with Crippen LogP contribution in [-0.2, 0) is 11.2 Å². The summed E-state index contributed by atoms with van der Waals surface area (Å²) in [5.74, 6) is 2.28. The average Bonchev–Trinajstić information content (AvgIpc) is 3.38. The van der Waals surface area contributed by atoms with E-state index >= 15 is 0 Å². The Morgan fingerprint density at radius 2 is 1.91 bits per heavy atom. The number of hydrogen-bond acceptors (Lipinski definition) is 6. The molecule has 6 nitrogen and oxygen atoms in total. The number of carbonyl (C=O) groups excluding carboxylic acids is 1. The summed E-state index contributed by atoms with van der Waals surface area (Å²) < 4.78 is 5.32. The predicted octanol–water partition coefficient (Wildman–Crippen LogP) is 4.80. The van der Waals surface area contributed by atoms with Crippen LogP contribution in [0.1, 0.15) is 90.8 Å². The van der Waals surface area contributed by atoms with E-state index in [0.717, 1.165) is 34.6 Å². The monoisotopic (exact) mass is 456 g/mol. The van der Waals surface area contributed by atoms with Crippen LogP contribution in [0.25, 0.3) is 0 Å². The summed E-state index contributed by atoms with van der Waals surface area (Å²) in [6.07, 6.45) is 15.3. The highest BCUT2D eigenvalue weighted by Crippen LogP contribution is 2.44. The molecule has 0 aromatic carbocycles. The van der Waals surface area contributed by atoms with E-state index in [0.29, 0.717) is 18.4 Å². The molecule has 0 unspecified atom stereocenters. The summed E-state index contributed by atoms with van der Waals surface area (Å²) in [6, 6.07) is 0.353. The lowest BCUT2D eigenvalue weighted by atomic mass is 9.83. The summed E-state index contributed by atoms with van der Waals surface area (Å²) in [5.41, 5.74) is 2.66. The van der Waals surface area contributed by atoms with Gasteiger partial charge in [0, 0.05) is 28.6 Å². The number of rotatable bonds is 8. The molecule has 0 bridgehead atoms. The maximum absolute atomic E-state index is 12.3. The SMILES string of the molecule is Cc1ncc(CC(=O)NC2CCC(CCN3CCC(c4nocc4C4CC4)CC3)CC2)s1. The number of carbonyl (C=O) groups is 1. The second-order valence-electron chi connectivity index (χ2n) is 10.1. The summed E-state index contributed by atoms with van der Waals surface area (Å²) in [5, 5.41) is 8.65. The van der Waals surface area contributed by atoms with E-state index in [1.165, 1.54) is 75.8 Å². The fourth-order valence-corrected chi connectivity index (χ4v) is 6.37. The van der Waals surface area contributed by atoms with Gasteiger partial charge in [-0.3, -0.25) is 4.79 Å². The molecule has 2 aliphatic carbocycles. The number of aryl methyl sites for hydroxylation is 1. The first-order chi connectivity index (χ1) is 15.6. The Hall–Kier alpha value is -1.73. The predicted molar refractivity (Wildman–Crippen MR) is 126 cm³/mol. The van der Waals surface area contributed by atoms with Crippen LogP contribution in [0.5, 0.6) is 0 Å². The van der Waals surface area contributed by atoms with Crippen LogP contribution in [0.4, 0.5) is 0 Å². The number of aromatic nitrogens is 2. The van der Waals surface area contributed by atoms with Gasteiger partial charge < -0.3 is 14.7 Å². The Bertz CT molecular complexity index is 889. The number of thiazole rings is 1. The number of amides is 1. The van der Waals surface area contributed by atoms with Crippen molar-refractivity contribution in [2.75, 3.05) is 19.6 Å². The van der Waals surface area contributed by atoms with E-state index in [1.54, 1.807) is 11.3 Å². The molecule has 5 rings (SSSR count). The zero-order chi connectivity index (χ0) is 21.9. The minimum atomic E-state index is 0.150. The molecular formula is C25H36N4O2S. The van der Waals surface area contributed by atoms with E-state index in [4.69, 9.17) is 4.52 Å². The zero-order valence-corrected chi connectivity index (χ0v) is 20.0. The Morgan fingerprint density at radius 1 is 1.12 bits per heavy atom. The third-order valence-electron chi connectivity index (χ3n) is 7.69. The van der Waals surface area contributed by atoms with Crippen LogP contribution in [0, 0.1) is 12.8 Å². The Balaban J connectivity index is 0.982. The molecule has 2 saturated carbocycles. The van der Waals surface area contributed by atoms with Gasteiger partial charge in [-0.2, -0.15) is 0 Å². The molecule has 0 spiro atoms. The molecule has 7 heteroatoms.